The molecular formula is C33H51N3O4. The highest BCUT2D eigenvalue weighted by Gasteiger charge is 2.34. The van der Waals surface area contributed by atoms with Crippen molar-refractivity contribution in [1.82, 2.24) is 5.32 Å². The normalized spacial score (nSPS) is 20.2. The number of nitrogens with one attached hydrogen (secondary N) is 2. The zero-order chi connectivity index (χ0) is 28.3. The highest BCUT2D eigenvalue weighted by molar-refractivity contribution is 5.75. The van der Waals surface area contributed by atoms with Crippen LogP contribution in [0.1, 0.15) is 83.3 Å². The predicted octanol–water partition coefficient (Wildman–Crippen LogP) is 5.29. The Morgan fingerprint density at radius 3 is 2.45 bits per heavy atom. The maximum atomic E-state index is 13.0. The van der Waals surface area contributed by atoms with Gasteiger partial charge in [-0.05, 0) is 49.6 Å². The fourth-order valence-corrected chi connectivity index (χ4v) is 6.61. The number of benzene rings is 1. The van der Waals surface area contributed by atoms with E-state index in [0.717, 1.165) is 45.3 Å². The molecule has 2 aromatic carbocycles. The molecular weight excluding hydrogens is 502 g/mol. The Hall–Kier alpha value is -2.22. The third-order valence-corrected chi connectivity index (χ3v) is 8.64. The Morgan fingerprint density at radius 1 is 0.950 bits per heavy atom. The van der Waals surface area contributed by atoms with Crippen molar-refractivity contribution < 1.29 is 9.47 Å². The van der Waals surface area contributed by atoms with Crippen molar-refractivity contribution >= 4 is 11.4 Å². The summed E-state index contributed by atoms with van der Waals surface area (Å²) in [7, 11) is 1.71. The second-order valence-electron chi connectivity index (χ2n) is 12.4. The lowest BCUT2D eigenvalue weighted by atomic mass is 9.84. The molecule has 0 bridgehead atoms. The van der Waals surface area contributed by atoms with E-state index in [4.69, 9.17) is 9.47 Å². The molecule has 0 radical (unpaired) electrons. The molecule has 222 valence electrons. The summed E-state index contributed by atoms with van der Waals surface area (Å²) in [5.74, 6) is 1.49. The zero-order valence-electron chi connectivity index (χ0n) is 25.0. The minimum atomic E-state index is -0.356. The first-order valence-corrected chi connectivity index (χ1v) is 15.7. The molecule has 2 aromatic rings. The molecule has 2 fully saturated rings. The molecule has 0 spiro atoms. The van der Waals surface area contributed by atoms with Crippen LogP contribution >= 0.6 is 0 Å². The van der Waals surface area contributed by atoms with Gasteiger partial charge in [0.2, 0.25) is 0 Å². The van der Waals surface area contributed by atoms with E-state index < -0.39 is 0 Å². The average Bonchev–Trinajstić information content (AvgIpc) is 2.97. The SMILES string of the molecule is COCCCOC(c1ccccc1)C1CCCN(c2c(NC(CNCC(C)C)CC3CCCCC3)c(=O)c2=O)C1. The smallest absolute Gasteiger partial charge is 0.253 e. The van der Waals surface area contributed by atoms with E-state index in [1.165, 1.54) is 37.7 Å². The second-order valence-corrected chi connectivity index (χ2v) is 12.4. The molecule has 7 heteroatoms. The summed E-state index contributed by atoms with van der Waals surface area (Å²) in [6, 6.07) is 10.5. The van der Waals surface area contributed by atoms with Gasteiger partial charge in [-0.15, -0.1) is 0 Å². The van der Waals surface area contributed by atoms with Gasteiger partial charge in [0, 0.05) is 51.9 Å². The van der Waals surface area contributed by atoms with Gasteiger partial charge in [0.05, 0.1) is 6.10 Å². The summed E-state index contributed by atoms with van der Waals surface area (Å²) in [5.41, 5.74) is 1.60. The molecule has 0 amide bonds. The fraction of sp³-hybridized carbons (Fsp3) is 0.697. The monoisotopic (exact) mass is 553 g/mol. The lowest BCUT2D eigenvalue weighted by Gasteiger charge is -2.39. The summed E-state index contributed by atoms with van der Waals surface area (Å²) >= 11 is 0. The van der Waals surface area contributed by atoms with Crippen LogP contribution in [0.15, 0.2) is 39.9 Å². The lowest BCUT2D eigenvalue weighted by Crippen LogP contribution is -2.49. The average molecular weight is 554 g/mol. The van der Waals surface area contributed by atoms with Gasteiger partial charge in [-0.1, -0.05) is 76.3 Å². The summed E-state index contributed by atoms with van der Waals surface area (Å²) in [5, 5.41) is 7.18. The van der Waals surface area contributed by atoms with Crippen LogP contribution in [0.2, 0.25) is 0 Å². The van der Waals surface area contributed by atoms with Crippen molar-refractivity contribution in [2.45, 2.75) is 83.8 Å². The first-order valence-electron chi connectivity index (χ1n) is 15.7. The number of hydrogen-bond donors (Lipinski definition) is 2. The second kappa shape index (κ2) is 15.7. The van der Waals surface area contributed by atoms with Gasteiger partial charge in [0.15, 0.2) is 0 Å². The van der Waals surface area contributed by atoms with Gasteiger partial charge >= 0.3 is 0 Å². The number of piperidine rings is 1. The van der Waals surface area contributed by atoms with E-state index in [0.29, 0.717) is 43.0 Å². The molecule has 1 heterocycles. The van der Waals surface area contributed by atoms with Crippen LogP contribution < -0.4 is 26.4 Å². The van der Waals surface area contributed by atoms with Crippen LogP contribution in [-0.2, 0) is 9.47 Å². The largest absolute Gasteiger partial charge is 0.385 e. The predicted molar refractivity (Wildman–Crippen MR) is 164 cm³/mol. The van der Waals surface area contributed by atoms with Crippen molar-refractivity contribution in [1.29, 1.82) is 0 Å². The molecule has 1 aliphatic heterocycles. The molecule has 1 saturated carbocycles. The minimum absolute atomic E-state index is 0.0528. The number of nitrogens with zero attached hydrogens (tertiary/aromatic N) is 1. The Kier molecular flexibility index (Phi) is 12.1. The van der Waals surface area contributed by atoms with E-state index in [9.17, 15) is 9.59 Å². The lowest BCUT2D eigenvalue weighted by molar-refractivity contribution is -0.00235. The molecule has 3 atom stereocenters. The zero-order valence-corrected chi connectivity index (χ0v) is 25.0. The van der Waals surface area contributed by atoms with Crippen molar-refractivity contribution in [3.05, 3.63) is 56.3 Å². The minimum Gasteiger partial charge on any atom is -0.385 e. The summed E-state index contributed by atoms with van der Waals surface area (Å²) < 4.78 is 11.7. The number of hydrogen-bond acceptors (Lipinski definition) is 7. The highest BCUT2D eigenvalue weighted by atomic mass is 16.5. The third kappa shape index (κ3) is 8.40. The van der Waals surface area contributed by atoms with Gasteiger partial charge in [-0.3, -0.25) is 9.59 Å². The molecule has 40 heavy (non-hydrogen) atoms. The maximum absolute atomic E-state index is 13.0. The van der Waals surface area contributed by atoms with Crippen LogP contribution in [0.5, 0.6) is 0 Å². The summed E-state index contributed by atoms with van der Waals surface area (Å²) in [6.07, 6.45) is 10.3. The Labute approximate surface area is 240 Å². The van der Waals surface area contributed by atoms with E-state index in [1.807, 2.05) is 6.07 Å². The maximum Gasteiger partial charge on any atom is 0.253 e. The number of anilines is 2. The molecule has 7 nitrogen and oxygen atoms in total. The standard InChI is InChI=1S/C33H51N3O4/c1-24(2)21-34-22-28(20-25-12-6-4-7-13-25)35-29-30(32(38)31(29)37)36-17-10-16-27(23-36)33(40-19-11-18-39-3)26-14-8-5-9-15-26/h5,8-9,14-15,24-25,27-28,33-35H,4,6-7,10-13,16-23H2,1-3H3. The Morgan fingerprint density at radius 2 is 1.73 bits per heavy atom. The van der Waals surface area contributed by atoms with Gasteiger partial charge in [0.1, 0.15) is 11.4 Å². The Balaban J connectivity index is 1.48. The van der Waals surface area contributed by atoms with Gasteiger partial charge in [0.25, 0.3) is 10.9 Å². The number of methoxy groups -OCH3 is 1. The van der Waals surface area contributed by atoms with E-state index in [-0.39, 0.29) is 28.9 Å². The van der Waals surface area contributed by atoms with Gasteiger partial charge in [-0.25, -0.2) is 0 Å². The van der Waals surface area contributed by atoms with Gasteiger partial charge < -0.3 is 25.0 Å². The summed E-state index contributed by atoms with van der Waals surface area (Å²) in [6.45, 7) is 8.97. The van der Waals surface area contributed by atoms with Crippen molar-refractivity contribution in [3.8, 4) is 0 Å². The first-order chi connectivity index (χ1) is 19.5. The van der Waals surface area contributed by atoms with Crippen LogP contribution in [0, 0.1) is 17.8 Å². The topological polar surface area (TPSA) is 79.9 Å². The molecule has 2 aliphatic rings. The van der Waals surface area contributed by atoms with Crippen LogP contribution in [-0.4, -0.2) is 52.5 Å². The van der Waals surface area contributed by atoms with Crippen molar-refractivity contribution in [2.24, 2.45) is 17.8 Å². The number of rotatable bonds is 16. The van der Waals surface area contributed by atoms with Gasteiger partial charge in [-0.2, -0.15) is 0 Å². The molecule has 2 N–H and O–H groups in total. The molecule has 1 aliphatic carbocycles. The molecule has 1 saturated heterocycles. The van der Waals surface area contributed by atoms with Crippen molar-refractivity contribution in [3.63, 3.8) is 0 Å². The fourth-order valence-electron chi connectivity index (χ4n) is 6.61. The van der Waals surface area contributed by atoms with E-state index in [2.05, 4.69) is 53.6 Å². The van der Waals surface area contributed by atoms with Crippen LogP contribution in [0.4, 0.5) is 11.4 Å². The summed E-state index contributed by atoms with van der Waals surface area (Å²) in [4.78, 5) is 28.1. The highest BCUT2D eigenvalue weighted by Crippen LogP contribution is 2.36. The molecule has 4 rings (SSSR count). The number of ether oxygens (including phenoxy) is 2. The van der Waals surface area contributed by atoms with Crippen LogP contribution in [0.3, 0.4) is 0 Å². The van der Waals surface area contributed by atoms with E-state index in [1.54, 1.807) is 7.11 Å². The first kappa shape index (κ1) is 30.7. The third-order valence-electron chi connectivity index (χ3n) is 8.64. The Bertz CT molecular complexity index is 1080. The van der Waals surface area contributed by atoms with Crippen LogP contribution in [0.25, 0.3) is 0 Å². The quantitative estimate of drug-likeness (QED) is 0.216. The molecule has 0 aromatic heterocycles. The van der Waals surface area contributed by atoms with E-state index >= 15 is 0 Å². The molecule has 3 unspecified atom stereocenters. The van der Waals surface area contributed by atoms with Crippen molar-refractivity contribution in [2.75, 3.05) is 56.7 Å².